The SMILES string of the molecule is CSCC[C@H](NC(=O)Nc1ccc2c(c1)OCO2)C(=O)O. The lowest BCUT2D eigenvalue weighted by Crippen LogP contribution is -2.43. The second kappa shape index (κ2) is 7.07. The Bertz CT molecular complexity index is 537. The minimum absolute atomic E-state index is 0.154. The number of nitrogens with one attached hydrogen (secondary N) is 2. The molecule has 0 radical (unpaired) electrons. The van der Waals surface area contributed by atoms with Crippen LogP contribution in [-0.2, 0) is 4.79 Å². The molecule has 1 aromatic rings. The third-order valence-electron chi connectivity index (χ3n) is 2.84. The van der Waals surface area contributed by atoms with Crippen molar-refractivity contribution in [2.75, 3.05) is 24.1 Å². The van der Waals surface area contributed by atoms with Gasteiger partial charge in [0.2, 0.25) is 6.79 Å². The highest BCUT2D eigenvalue weighted by atomic mass is 32.2. The number of carboxylic acids is 1. The maximum atomic E-state index is 11.8. The summed E-state index contributed by atoms with van der Waals surface area (Å²) in [6.45, 7) is 0.154. The van der Waals surface area contributed by atoms with E-state index in [2.05, 4.69) is 10.6 Å². The molecule has 0 aliphatic carbocycles. The summed E-state index contributed by atoms with van der Waals surface area (Å²) in [6, 6.07) is 3.49. The van der Waals surface area contributed by atoms with Crippen LogP contribution in [0.2, 0.25) is 0 Å². The molecule has 3 N–H and O–H groups in total. The number of hydrogen-bond acceptors (Lipinski definition) is 5. The topological polar surface area (TPSA) is 96.9 Å². The predicted molar refractivity (Wildman–Crippen MR) is 79.1 cm³/mol. The molecule has 7 nitrogen and oxygen atoms in total. The van der Waals surface area contributed by atoms with Crippen LogP contribution in [0.4, 0.5) is 10.5 Å². The summed E-state index contributed by atoms with van der Waals surface area (Å²) in [5.41, 5.74) is 0.505. The van der Waals surface area contributed by atoms with Gasteiger partial charge >= 0.3 is 12.0 Å². The Labute approximate surface area is 126 Å². The summed E-state index contributed by atoms with van der Waals surface area (Å²) in [5, 5.41) is 14.1. The van der Waals surface area contributed by atoms with Crippen molar-refractivity contribution in [2.45, 2.75) is 12.5 Å². The lowest BCUT2D eigenvalue weighted by Gasteiger charge is -2.14. The smallest absolute Gasteiger partial charge is 0.326 e. The van der Waals surface area contributed by atoms with Crippen LogP contribution in [0.5, 0.6) is 11.5 Å². The zero-order valence-corrected chi connectivity index (χ0v) is 12.2. The van der Waals surface area contributed by atoms with Gasteiger partial charge in [0.05, 0.1) is 0 Å². The third kappa shape index (κ3) is 4.19. The fourth-order valence-electron chi connectivity index (χ4n) is 1.79. The molecule has 1 aliphatic heterocycles. The number of anilines is 1. The van der Waals surface area contributed by atoms with E-state index in [0.29, 0.717) is 29.4 Å². The Hall–Kier alpha value is -2.09. The van der Waals surface area contributed by atoms with Crippen LogP contribution in [0.3, 0.4) is 0 Å². The van der Waals surface area contributed by atoms with Crippen molar-refractivity contribution in [1.82, 2.24) is 5.32 Å². The van der Waals surface area contributed by atoms with E-state index in [0.717, 1.165) is 0 Å². The van der Waals surface area contributed by atoms with Gasteiger partial charge in [0.15, 0.2) is 11.5 Å². The number of aliphatic carboxylic acids is 1. The van der Waals surface area contributed by atoms with Gasteiger partial charge in [0, 0.05) is 11.8 Å². The Kier molecular flexibility index (Phi) is 5.15. The number of carboxylic acid groups (broad SMARTS) is 1. The van der Waals surface area contributed by atoms with E-state index < -0.39 is 18.0 Å². The van der Waals surface area contributed by atoms with Gasteiger partial charge in [-0.05, 0) is 30.6 Å². The first-order valence-corrected chi connectivity index (χ1v) is 7.68. The molecule has 2 rings (SSSR count). The highest BCUT2D eigenvalue weighted by Crippen LogP contribution is 2.34. The van der Waals surface area contributed by atoms with Gasteiger partial charge in [-0.3, -0.25) is 0 Å². The first-order valence-electron chi connectivity index (χ1n) is 6.29. The van der Waals surface area contributed by atoms with E-state index in [1.54, 1.807) is 18.2 Å². The van der Waals surface area contributed by atoms with E-state index >= 15 is 0 Å². The predicted octanol–water partition coefficient (Wildman–Crippen LogP) is 1.74. The molecule has 0 bridgehead atoms. The maximum Gasteiger partial charge on any atom is 0.326 e. The number of urea groups is 1. The molecule has 0 aromatic heterocycles. The molecule has 0 spiro atoms. The monoisotopic (exact) mass is 312 g/mol. The number of benzene rings is 1. The summed E-state index contributed by atoms with van der Waals surface area (Å²) < 4.78 is 10.4. The summed E-state index contributed by atoms with van der Waals surface area (Å²) >= 11 is 1.53. The van der Waals surface area contributed by atoms with E-state index in [1.165, 1.54) is 11.8 Å². The van der Waals surface area contributed by atoms with Gasteiger partial charge in [-0.2, -0.15) is 11.8 Å². The van der Waals surface area contributed by atoms with Crippen molar-refractivity contribution in [2.24, 2.45) is 0 Å². The summed E-state index contributed by atoms with van der Waals surface area (Å²) in [6.07, 6.45) is 2.25. The third-order valence-corrected chi connectivity index (χ3v) is 3.49. The van der Waals surface area contributed by atoms with Crippen LogP contribution < -0.4 is 20.1 Å². The van der Waals surface area contributed by atoms with Crippen LogP contribution in [0.1, 0.15) is 6.42 Å². The van der Waals surface area contributed by atoms with E-state index in [4.69, 9.17) is 14.6 Å². The number of thioether (sulfide) groups is 1. The number of ether oxygens (including phenoxy) is 2. The van der Waals surface area contributed by atoms with Crippen molar-refractivity contribution < 1.29 is 24.2 Å². The zero-order valence-electron chi connectivity index (χ0n) is 11.4. The molecule has 0 unspecified atom stereocenters. The fraction of sp³-hybridized carbons (Fsp3) is 0.385. The number of carbonyl (C=O) groups excluding carboxylic acids is 1. The van der Waals surface area contributed by atoms with Gasteiger partial charge in [-0.25, -0.2) is 9.59 Å². The molecule has 1 atom stereocenters. The standard InChI is InChI=1S/C13H16N2O5S/c1-21-5-4-9(12(16)17)15-13(18)14-8-2-3-10-11(6-8)20-7-19-10/h2-3,6,9H,4-5,7H2,1H3,(H,16,17)(H2,14,15,18)/t9-/m0/s1. The van der Waals surface area contributed by atoms with Crippen molar-refractivity contribution in [3.8, 4) is 11.5 Å². The van der Waals surface area contributed by atoms with Gasteiger partial charge in [-0.15, -0.1) is 0 Å². The van der Waals surface area contributed by atoms with Crippen LogP contribution in [0.15, 0.2) is 18.2 Å². The first kappa shape index (κ1) is 15.3. The molecular weight excluding hydrogens is 296 g/mol. The van der Waals surface area contributed by atoms with E-state index in [1.807, 2.05) is 6.26 Å². The first-order chi connectivity index (χ1) is 10.1. The van der Waals surface area contributed by atoms with Crippen molar-refractivity contribution in [3.63, 3.8) is 0 Å². The number of carbonyl (C=O) groups is 2. The Morgan fingerprint density at radius 1 is 1.38 bits per heavy atom. The number of amides is 2. The molecule has 1 heterocycles. The van der Waals surface area contributed by atoms with Crippen molar-refractivity contribution in [1.29, 1.82) is 0 Å². The van der Waals surface area contributed by atoms with Gasteiger partial charge in [0.25, 0.3) is 0 Å². The van der Waals surface area contributed by atoms with Crippen LogP contribution in [0.25, 0.3) is 0 Å². The highest BCUT2D eigenvalue weighted by molar-refractivity contribution is 7.98. The normalized spacial score (nSPS) is 13.6. The van der Waals surface area contributed by atoms with Crippen LogP contribution >= 0.6 is 11.8 Å². The Morgan fingerprint density at radius 2 is 2.14 bits per heavy atom. The summed E-state index contributed by atoms with van der Waals surface area (Å²) in [4.78, 5) is 22.9. The fourth-order valence-corrected chi connectivity index (χ4v) is 2.26. The van der Waals surface area contributed by atoms with Crippen molar-refractivity contribution >= 4 is 29.4 Å². The molecule has 0 saturated carbocycles. The molecule has 1 aliphatic rings. The molecule has 114 valence electrons. The quantitative estimate of drug-likeness (QED) is 0.740. The van der Waals surface area contributed by atoms with Crippen molar-refractivity contribution in [3.05, 3.63) is 18.2 Å². The minimum Gasteiger partial charge on any atom is -0.480 e. The molecular formula is C13H16N2O5S. The molecule has 0 saturated heterocycles. The van der Waals surface area contributed by atoms with Gasteiger partial charge < -0.3 is 25.2 Å². The average Bonchev–Trinajstić information content (AvgIpc) is 2.90. The van der Waals surface area contributed by atoms with Crippen LogP contribution in [0, 0.1) is 0 Å². The second-order valence-corrected chi connectivity index (χ2v) is 5.32. The largest absolute Gasteiger partial charge is 0.480 e. The number of fused-ring (bicyclic) bond motifs is 1. The lowest BCUT2D eigenvalue weighted by atomic mass is 10.2. The van der Waals surface area contributed by atoms with E-state index in [9.17, 15) is 9.59 Å². The molecule has 8 heteroatoms. The Morgan fingerprint density at radius 3 is 2.86 bits per heavy atom. The van der Waals surface area contributed by atoms with E-state index in [-0.39, 0.29) is 6.79 Å². The van der Waals surface area contributed by atoms with Gasteiger partial charge in [-0.1, -0.05) is 0 Å². The highest BCUT2D eigenvalue weighted by Gasteiger charge is 2.20. The molecule has 2 amide bonds. The second-order valence-electron chi connectivity index (χ2n) is 4.34. The summed E-state index contributed by atoms with van der Waals surface area (Å²) in [7, 11) is 0. The minimum atomic E-state index is -1.05. The lowest BCUT2D eigenvalue weighted by molar-refractivity contribution is -0.139. The van der Waals surface area contributed by atoms with Gasteiger partial charge in [0.1, 0.15) is 6.04 Å². The zero-order chi connectivity index (χ0) is 15.2. The Balaban J connectivity index is 1.92. The molecule has 1 aromatic carbocycles. The van der Waals surface area contributed by atoms with Crippen LogP contribution in [-0.4, -0.2) is 42.0 Å². The number of rotatable bonds is 6. The summed E-state index contributed by atoms with van der Waals surface area (Å²) in [5.74, 6) is 0.764. The molecule has 21 heavy (non-hydrogen) atoms. The average molecular weight is 312 g/mol. The maximum absolute atomic E-state index is 11.8. The molecule has 0 fully saturated rings. The number of hydrogen-bond donors (Lipinski definition) is 3.